The molecule has 0 aliphatic carbocycles. The molecule has 0 atom stereocenters. The van der Waals surface area contributed by atoms with Gasteiger partial charge in [-0.05, 0) is 37.3 Å². The number of ether oxygens (including phenoxy) is 1. The highest BCUT2D eigenvalue weighted by atomic mass is 32.2. The number of hydrogen-bond donors (Lipinski definition) is 1. The van der Waals surface area contributed by atoms with Gasteiger partial charge in [0.2, 0.25) is 0 Å². The first-order valence-electron chi connectivity index (χ1n) is 6.74. The predicted molar refractivity (Wildman–Crippen MR) is 81.6 cm³/mol. The molecule has 1 aromatic carbocycles. The lowest BCUT2D eigenvalue weighted by atomic mass is 10.3. The van der Waals surface area contributed by atoms with Gasteiger partial charge in [0.15, 0.2) is 5.65 Å². The number of nitrogens with zero attached hydrogens (tertiary/aromatic N) is 3. The van der Waals surface area contributed by atoms with E-state index in [1.54, 1.807) is 13.0 Å². The van der Waals surface area contributed by atoms with Crippen LogP contribution in [0.15, 0.2) is 47.5 Å². The van der Waals surface area contributed by atoms with Gasteiger partial charge < -0.3 is 4.74 Å². The molecule has 0 aliphatic heterocycles. The van der Waals surface area contributed by atoms with E-state index in [1.165, 1.54) is 28.9 Å². The van der Waals surface area contributed by atoms with Gasteiger partial charge in [-0.15, -0.1) is 0 Å². The number of fused-ring (bicyclic) bond motifs is 1. The fourth-order valence-electron chi connectivity index (χ4n) is 2.08. The van der Waals surface area contributed by atoms with Gasteiger partial charge in [0.1, 0.15) is 11.6 Å². The fraction of sp³-hybridized carbons (Fsp3) is 0.143. The smallest absolute Gasteiger partial charge is 0.387 e. The summed E-state index contributed by atoms with van der Waals surface area (Å²) in [6.45, 7) is -1.21. The maximum absolute atomic E-state index is 12.4. The van der Waals surface area contributed by atoms with Crippen LogP contribution in [0.2, 0.25) is 0 Å². The second kappa shape index (κ2) is 6.04. The first-order valence-corrected chi connectivity index (χ1v) is 8.22. The molecule has 1 N–H and O–H groups in total. The molecular formula is C14H12F2N4O3S. The van der Waals surface area contributed by atoms with Crippen molar-refractivity contribution in [2.24, 2.45) is 0 Å². The predicted octanol–water partition coefficient (Wildman–Crippen LogP) is 2.44. The summed E-state index contributed by atoms with van der Waals surface area (Å²) < 4.78 is 57.0. The van der Waals surface area contributed by atoms with Crippen LogP contribution in [0.3, 0.4) is 0 Å². The Morgan fingerprint density at radius 1 is 1.21 bits per heavy atom. The molecule has 3 aromatic rings. The third kappa shape index (κ3) is 3.27. The van der Waals surface area contributed by atoms with Crippen LogP contribution >= 0.6 is 0 Å². The van der Waals surface area contributed by atoms with Gasteiger partial charge in [0.05, 0.1) is 10.6 Å². The second-order valence-corrected chi connectivity index (χ2v) is 6.52. The van der Waals surface area contributed by atoms with Gasteiger partial charge in [-0.2, -0.15) is 18.4 Å². The highest BCUT2D eigenvalue weighted by Gasteiger charge is 2.17. The molecule has 3 rings (SSSR count). The van der Waals surface area contributed by atoms with E-state index in [0.29, 0.717) is 11.3 Å². The molecule has 0 saturated carbocycles. The fourth-order valence-corrected chi connectivity index (χ4v) is 3.13. The number of aryl methyl sites for hydroxylation is 1. The van der Waals surface area contributed by atoms with Crippen molar-refractivity contribution >= 4 is 21.5 Å². The number of aromatic nitrogens is 3. The van der Waals surface area contributed by atoms with Crippen molar-refractivity contribution < 1.29 is 21.9 Å². The molecule has 24 heavy (non-hydrogen) atoms. The van der Waals surface area contributed by atoms with Crippen LogP contribution in [0.1, 0.15) is 5.69 Å². The Morgan fingerprint density at radius 2 is 1.92 bits per heavy atom. The second-order valence-electron chi connectivity index (χ2n) is 4.84. The molecule has 7 nitrogen and oxygen atoms in total. The Morgan fingerprint density at radius 3 is 2.58 bits per heavy atom. The zero-order valence-electron chi connectivity index (χ0n) is 12.3. The van der Waals surface area contributed by atoms with Crippen LogP contribution in [-0.2, 0) is 10.0 Å². The van der Waals surface area contributed by atoms with E-state index < -0.39 is 16.6 Å². The minimum atomic E-state index is -3.92. The summed E-state index contributed by atoms with van der Waals surface area (Å²) >= 11 is 0. The summed E-state index contributed by atoms with van der Waals surface area (Å²) in [5.41, 5.74) is 1.18. The van der Waals surface area contributed by atoms with E-state index in [0.717, 1.165) is 12.1 Å². The van der Waals surface area contributed by atoms with E-state index in [2.05, 4.69) is 19.5 Å². The summed E-state index contributed by atoms with van der Waals surface area (Å²) in [6.07, 6.45) is 1.45. The first kappa shape index (κ1) is 16.1. The molecule has 2 aromatic heterocycles. The van der Waals surface area contributed by atoms with Gasteiger partial charge in [0.25, 0.3) is 10.0 Å². The molecule has 2 heterocycles. The van der Waals surface area contributed by atoms with Crippen molar-refractivity contribution in [3.8, 4) is 5.75 Å². The maximum Gasteiger partial charge on any atom is 0.387 e. The molecule has 0 unspecified atom stereocenters. The van der Waals surface area contributed by atoms with E-state index in [9.17, 15) is 17.2 Å². The van der Waals surface area contributed by atoms with Crippen molar-refractivity contribution in [2.75, 3.05) is 4.72 Å². The number of rotatable bonds is 5. The molecule has 126 valence electrons. The van der Waals surface area contributed by atoms with Crippen LogP contribution in [0.25, 0.3) is 5.65 Å². The Bertz CT molecular complexity index is 971. The average molecular weight is 354 g/mol. The van der Waals surface area contributed by atoms with Crippen molar-refractivity contribution in [3.05, 3.63) is 48.3 Å². The molecule has 10 heteroatoms. The Hall–Kier alpha value is -2.75. The Balaban J connectivity index is 1.90. The minimum absolute atomic E-state index is 0.0991. The van der Waals surface area contributed by atoms with Crippen molar-refractivity contribution in [2.45, 2.75) is 18.4 Å². The summed E-state index contributed by atoms with van der Waals surface area (Å²) in [5, 5.41) is 4.16. The zero-order valence-corrected chi connectivity index (χ0v) is 13.2. The highest BCUT2D eigenvalue weighted by Crippen LogP contribution is 2.20. The summed E-state index contributed by atoms with van der Waals surface area (Å²) in [5.74, 6) is 0.0824. The molecule has 0 bridgehead atoms. The summed E-state index contributed by atoms with van der Waals surface area (Å²) in [6, 6.07) is 7.82. The normalized spacial score (nSPS) is 11.8. The maximum atomic E-state index is 12.4. The van der Waals surface area contributed by atoms with Crippen LogP contribution in [-0.4, -0.2) is 29.6 Å². The Kier molecular flexibility index (Phi) is 4.06. The molecular weight excluding hydrogens is 342 g/mol. The standard InChI is InChI=1S/C14H12F2N4O3S/c1-9-8-13-17-7-6-12(20(13)18-9)19-24(21,22)11-4-2-10(3-5-11)23-14(15)16/h2-8,14,19H,1H3. The van der Waals surface area contributed by atoms with E-state index in [4.69, 9.17) is 0 Å². The lowest BCUT2D eigenvalue weighted by Gasteiger charge is -2.10. The molecule has 0 spiro atoms. The van der Waals surface area contributed by atoms with Gasteiger partial charge in [-0.25, -0.2) is 13.4 Å². The lowest BCUT2D eigenvalue weighted by molar-refractivity contribution is -0.0498. The number of alkyl halides is 2. The van der Waals surface area contributed by atoms with Crippen LogP contribution in [0.4, 0.5) is 14.6 Å². The van der Waals surface area contributed by atoms with Gasteiger partial charge in [-0.1, -0.05) is 0 Å². The molecule has 0 amide bonds. The lowest BCUT2D eigenvalue weighted by Crippen LogP contribution is -2.15. The van der Waals surface area contributed by atoms with Crippen molar-refractivity contribution in [3.63, 3.8) is 0 Å². The number of sulfonamides is 1. The molecule has 0 aliphatic rings. The van der Waals surface area contributed by atoms with E-state index >= 15 is 0 Å². The van der Waals surface area contributed by atoms with Gasteiger partial charge in [-0.3, -0.25) is 4.72 Å². The average Bonchev–Trinajstić information content (AvgIpc) is 2.88. The summed E-state index contributed by atoms with van der Waals surface area (Å²) in [7, 11) is -3.92. The number of benzene rings is 1. The van der Waals surface area contributed by atoms with Gasteiger partial charge >= 0.3 is 6.61 Å². The molecule has 0 radical (unpaired) electrons. The number of nitrogens with one attached hydrogen (secondary N) is 1. The number of halogens is 2. The minimum Gasteiger partial charge on any atom is -0.435 e. The topological polar surface area (TPSA) is 85.6 Å². The molecule has 0 saturated heterocycles. The van der Waals surface area contributed by atoms with Crippen LogP contribution < -0.4 is 9.46 Å². The SMILES string of the molecule is Cc1cc2nccc(NS(=O)(=O)c3ccc(OC(F)F)cc3)n2n1. The van der Waals surface area contributed by atoms with E-state index in [1.807, 2.05) is 0 Å². The van der Waals surface area contributed by atoms with E-state index in [-0.39, 0.29) is 16.5 Å². The Labute approximate surface area is 135 Å². The number of hydrogen-bond acceptors (Lipinski definition) is 5. The number of anilines is 1. The monoisotopic (exact) mass is 354 g/mol. The third-order valence-electron chi connectivity index (χ3n) is 3.08. The quantitative estimate of drug-likeness (QED) is 0.761. The van der Waals surface area contributed by atoms with Crippen LogP contribution in [0.5, 0.6) is 5.75 Å². The van der Waals surface area contributed by atoms with Crippen molar-refractivity contribution in [1.82, 2.24) is 14.6 Å². The molecule has 0 fully saturated rings. The van der Waals surface area contributed by atoms with Crippen molar-refractivity contribution in [1.29, 1.82) is 0 Å². The van der Waals surface area contributed by atoms with Gasteiger partial charge in [0, 0.05) is 12.3 Å². The van der Waals surface area contributed by atoms with Crippen LogP contribution in [0, 0.1) is 6.92 Å². The summed E-state index contributed by atoms with van der Waals surface area (Å²) in [4.78, 5) is 3.98. The first-order chi connectivity index (χ1) is 11.3. The zero-order chi connectivity index (χ0) is 17.3. The largest absolute Gasteiger partial charge is 0.435 e. The third-order valence-corrected chi connectivity index (χ3v) is 4.45. The highest BCUT2D eigenvalue weighted by molar-refractivity contribution is 7.92.